The number of aromatic nitrogens is 4. The highest BCUT2D eigenvalue weighted by molar-refractivity contribution is 7.89. The summed E-state index contributed by atoms with van der Waals surface area (Å²) in [7, 11) is -4.50. The van der Waals surface area contributed by atoms with Gasteiger partial charge >= 0.3 is 6.18 Å². The number of halogens is 4. The SMILES string of the molecule is Cc1cc2c(cc1Cl)c(C#N)c(-c1ccc(S(=O)(=O)NC(C)C(F)(F)F)cn1)n2-c1ncccn1. The maximum Gasteiger partial charge on any atom is 0.404 e. The van der Waals surface area contributed by atoms with Crippen LogP contribution in [0, 0.1) is 18.3 Å². The summed E-state index contributed by atoms with van der Waals surface area (Å²) in [6.45, 7) is 2.49. The third kappa shape index (κ3) is 4.58. The first-order valence-corrected chi connectivity index (χ1v) is 11.9. The van der Waals surface area contributed by atoms with Gasteiger partial charge in [-0.15, -0.1) is 0 Å². The Morgan fingerprint density at radius 3 is 2.43 bits per heavy atom. The predicted molar refractivity (Wildman–Crippen MR) is 122 cm³/mol. The summed E-state index contributed by atoms with van der Waals surface area (Å²) in [6.07, 6.45) is -0.793. The number of benzene rings is 1. The topological polar surface area (TPSA) is 114 Å². The molecule has 3 aromatic heterocycles. The molecule has 35 heavy (non-hydrogen) atoms. The van der Waals surface area contributed by atoms with E-state index >= 15 is 0 Å². The lowest BCUT2D eigenvalue weighted by Crippen LogP contribution is -2.42. The molecule has 1 unspecified atom stereocenters. The largest absolute Gasteiger partial charge is 0.404 e. The highest BCUT2D eigenvalue weighted by atomic mass is 35.5. The van der Waals surface area contributed by atoms with Crippen LogP contribution in [0.2, 0.25) is 5.02 Å². The van der Waals surface area contributed by atoms with Crippen molar-refractivity contribution < 1.29 is 21.6 Å². The van der Waals surface area contributed by atoms with Crippen molar-refractivity contribution >= 4 is 32.5 Å². The van der Waals surface area contributed by atoms with Gasteiger partial charge in [0.1, 0.15) is 17.0 Å². The van der Waals surface area contributed by atoms with Gasteiger partial charge in [-0.2, -0.15) is 23.2 Å². The number of sulfonamides is 1. The first-order valence-electron chi connectivity index (χ1n) is 10.0. The van der Waals surface area contributed by atoms with Crippen LogP contribution in [0.25, 0.3) is 28.2 Å². The van der Waals surface area contributed by atoms with Crippen LogP contribution in [0.15, 0.2) is 53.8 Å². The third-order valence-corrected chi connectivity index (χ3v) is 7.16. The minimum atomic E-state index is -4.75. The van der Waals surface area contributed by atoms with Crippen molar-refractivity contribution in [3.05, 3.63) is 65.1 Å². The number of alkyl halides is 3. The Labute approximate surface area is 203 Å². The van der Waals surface area contributed by atoms with E-state index in [2.05, 4.69) is 21.0 Å². The van der Waals surface area contributed by atoms with Gasteiger partial charge in [-0.05, 0) is 49.7 Å². The van der Waals surface area contributed by atoms with Crippen molar-refractivity contribution in [2.24, 2.45) is 0 Å². The van der Waals surface area contributed by atoms with Crippen LogP contribution in [-0.2, 0) is 10.0 Å². The number of nitrogens with zero attached hydrogens (tertiary/aromatic N) is 5. The highest BCUT2D eigenvalue weighted by Crippen LogP contribution is 2.37. The molecule has 180 valence electrons. The molecule has 0 radical (unpaired) electrons. The number of rotatable bonds is 5. The molecule has 0 amide bonds. The summed E-state index contributed by atoms with van der Waals surface area (Å²) in [5.74, 6) is 0.231. The molecule has 0 saturated carbocycles. The van der Waals surface area contributed by atoms with Gasteiger partial charge in [0.15, 0.2) is 0 Å². The number of aryl methyl sites for hydroxylation is 1. The molecule has 0 aliphatic rings. The molecule has 1 aromatic carbocycles. The van der Waals surface area contributed by atoms with E-state index < -0.39 is 27.1 Å². The van der Waals surface area contributed by atoms with Gasteiger partial charge in [-0.3, -0.25) is 9.55 Å². The fourth-order valence-corrected chi connectivity index (χ4v) is 4.77. The molecule has 0 spiro atoms. The smallest absolute Gasteiger partial charge is 0.275 e. The van der Waals surface area contributed by atoms with Gasteiger partial charge in [0, 0.05) is 29.0 Å². The molecule has 0 fully saturated rings. The Kier molecular flexibility index (Phi) is 6.27. The van der Waals surface area contributed by atoms with Crippen LogP contribution in [-0.4, -0.2) is 40.2 Å². The Bertz CT molecular complexity index is 1560. The van der Waals surface area contributed by atoms with Gasteiger partial charge in [0.2, 0.25) is 16.0 Å². The monoisotopic (exact) mass is 520 g/mol. The minimum absolute atomic E-state index is 0.182. The molecule has 1 atom stereocenters. The minimum Gasteiger partial charge on any atom is -0.275 e. The summed E-state index contributed by atoms with van der Waals surface area (Å²) in [6, 6.07) is 7.27. The first-order chi connectivity index (χ1) is 16.4. The summed E-state index contributed by atoms with van der Waals surface area (Å²) >= 11 is 6.30. The van der Waals surface area contributed by atoms with Gasteiger partial charge in [0.05, 0.1) is 22.5 Å². The molecule has 0 saturated heterocycles. The molecular formula is C22H16ClF3N6O2S. The summed E-state index contributed by atoms with van der Waals surface area (Å²) in [4.78, 5) is 12.2. The second-order valence-electron chi connectivity index (χ2n) is 7.60. The molecule has 4 aromatic rings. The Morgan fingerprint density at radius 1 is 1.17 bits per heavy atom. The van der Waals surface area contributed by atoms with E-state index in [0.29, 0.717) is 22.8 Å². The van der Waals surface area contributed by atoms with Crippen LogP contribution in [0.4, 0.5) is 13.2 Å². The molecule has 0 aliphatic heterocycles. The van der Waals surface area contributed by atoms with Gasteiger partial charge in [-0.1, -0.05) is 11.6 Å². The molecule has 13 heteroatoms. The lowest BCUT2D eigenvalue weighted by molar-refractivity contribution is -0.147. The standard InChI is InChI=1S/C22H16ClF3N6O2S/c1-12-8-19-15(9-17(12)23)16(10-27)20(32(19)21-28-6-3-7-29-21)18-5-4-14(11-30-18)35(33,34)31-13(2)22(24,25)26/h3-9,11,13,31H,1-2H3. The van der Waals surface area contributed by atoms with Crippen molar-refractivity contribution in [1.29, 1.82) is 5.26 Å². The average molecular weight is 521 g/mol. The number of nitriles is 1. The number of hydrogen-bond acceptors (Lipinski definition) is 6. The fourth-order valence-electron chi connectivity index (χ4n) is 3.43. The van der Waals surface area contributed by atoms with Crippen LogP contribution < -0.4 is 4.72 Å². The van der Waals surface area contributed by atoms with E-state index in [1.165, 1.54) is 18.5 Å². The number of hydrogen-bond donors (Lipinski definition) is 1. The zero-order valence-corrected chi connectivity index (χ0v) is 19.7. The Balaban J connectivity index is 1.90. The second kappa shape index (κ2) is 8.92. The van der Waals surface area contributed by atoms with Crippen molar-refractivity contribution in [2.45, 2.75) is 31.0 Å². The van der Waals surface area contributed by atoms with Gasteiger partial charge < -0.3 is 0 Å². The molecule has 0 bridgehead atoms. The fraction of sp³-hybridized carbons (Fsp3) is 0.182. The summed E-state index contributed by atoms with van der Waals surface area (Å²) in [5.41, 5.74) is 1.96. The van der Waals surface area contributed by atoms with Crippen molar-refractivity contribution in [1.82, 2.24) is 24.2 Å². The zero-order valence-electron chi connectivity index (χ0n) is 18.2. The molecule has 8 nitrogen and oxygen atoms in total. The quantitative estimate of drug-likeness (QED) is 0.413. The number of fused-ring (bicyclic) bond motifs is 1. The van der Waals surface area contributed by atoms with Crippen molar-refractivity contribution in [3.8, 4) is 23.4 Å². The number of pyridine rings is 1. The molecule has 4 rings (SSSR count). The lowest BCUT2D eigenvalue weighted by Gasteiger charge is -2.17. The van der Waals surface area contributed by atoms with E-state index in [4.69, 9.17) is 11.6 Å². The first kappa shape index (κ1) is 24.6. The third-order valence-electron chi connectivity index (χ3n) is 5.22. The molecule has 1 N–H and O–H groups in total. The number of nitrogens with one attached hydrogen (secondary N) is 1. The predicted octanol–water partition coefficient (Wildman–Crippen LogP) is 4.55. The van der Waals surface area contributed by atoms with Crippen LogP contribution in [0.1, 0.15) is 18.1 Å². The molecular weight excluding hydrogens is 505 g/mol. The zero-order chi connectivity index (χ0) is 25.5. The van der Waals surface area contributed by atoms with E-state index in [1.54, 1.807) is 34.4 Å². The van der Waals surface area contributed by atoms with Crippen molar-refractivity contribution in [2.75, 3.05) is 0 Å². The van der Waals surface area contributed by atoms with Gasteiger partial charge in [-0.25, -0.2) is 18.4 Å². The van der Waals surface area contributed by atoms with Crippen molar-refractivity contribution in [3.63, 3.8) is 0 Å². The van der Waals surface area contributed by atoms with Crippen LogP contribution >= 0.6 is 11.6 Å². The maximum atomic E-state index is 12.8. The summed E-state index contributed by atoms with van der Waals surface area (Å²) < 4.78 is 66.5. The van der Waals surface area contributed by atoms with E-state index in [1.807, 2.05) is 0 Å². The van der Waals surface area contributed by atoms with Gasteiger partial charge in [0.25, 0.3) is 0 Å². The lowest BCUT2D eigenvalue weighted by atomic mass is 10.1. The summed E-state index contributed by atoms with van der Waals surface area (Å²) in [5, 5.41) is 10.9. The van der Waals surface area contributed by atoms with E-state index in [-0.39, 0.29) is 22.9 Å². The normalized spacial score (nSPS) is 13.1. The Hall–Kier alpha value is -3.53. The van der Waals surface area contributed by atoms with E-state index in [0.717, 1.165) is 17.8 Å². The Morgan fingerprint density at radius 2 is 1.86 bits per heavy atom. The van der Waals surface area contributed by atoms with Crippen LogP contribution in [0.5, 0.6) is 0 Å². The molecule has 0 aliphatic carbocycles. The van der Waals surface area contributed by atoms with E-state index in [9.17, 15) is 26.9 Å². The second-order valence-corrected chi connectivity index (χ2v) is 9.72. The average Bonchev–Trinajstić information content (AvgIpc) is 3.12. The highest BCUT2D eigenvalue weighted by Gasteiger charge is 2.39. The van der Waals surface area contributed by atoms with Crippen LogP contribution in [0.3, 0.4) is 0 Å². The maximum absolute atomic E-state index is 12.8. The molecule has 3 heterocycles.